The van der Waals surface area contributed by atoms with E-state index in [0.29, 0.717) is 24.4 Å². The van der Waals surface area contributed by atoms with Gasteiger partial charge in [-0.1, -0.05) is 45.8 Å². The van der Waals surface area contributed by atoms with Crippen LogP contribution in [0.3, 0.4) is 0 Å². The van der Waals surface area contributed by atoms with Crippen molar-refractivity contribution in [3.05, 3.63) is 11.6 Å². The van der Waals surface area contributed by atoms with Crippen LogP contribution in [0.5, 0.6) is 0 Å². The van der Waals surface area contributed by atoms with Crippen molar-refractivity contribution in [3.63, 3.8) is 0 Å². The molecule has 0 aliphatic heterocycles. The van der Waals surface area contributed by atoms with E-state index < -0.39 is 0 Å². The molecule has 2 N–H and O–H groups in total. The van der Waals surface area contributed by atoms with Crippen molar-refractivity contribution in [1.82, 2.24) is 0 Å². The maximum atomic E-state index is 10.5. The minimum atomic E-state index is -0.153. The second kappa shape index (κ2) is 6.65. The van der Waals surface area contributed by atoms with E-state index in [9.17, 15) is 5.11 Å². The minimum Gasteiger partial charge on any atom is -0.396 e. The molecule has 1 saturated carbocycles. The summed E-state index contributed by atoms with van der Waals surface area (Å²) in [6, 6.07) is 0. The molecule has 0 saturated heterocycles. The molecule has 0 heterocycles. The van der Waals surface area contributed by atoms with Crippen LogP contribution in [0, 0.1) is 28.6 Å². The monoisotopic (exact) mass is 308 g/mol. The molecule has 128 valence electrons. The Balaban J connectivity index is 2.20. The van der Waals surface area contributed by atoms with E-state index in [0.717, 1.165) is 19.3 Å². The summed E-state index contributed by atoms with van der Waals surface area (Å²) in [5.74, 6) is 1.84. The summed E-state index contributed by atoms with van der Waals surface area (Å²) in [5, 5.41) is 19.6. The van der Waals surface area contributed by atoms with Crippen molar-refractivity contribution in [1.29, 1.82) is 0 Å². The quantitative estimate of drug-likeness (QED) is 0.731. The number of hydrogen-bond acceptors (Lipinski definition) is 2. The molecule has 2 nitrogen and oxygen atoms in total. The van der Waals surface area contributed by atoms with Crippen LogP contribution in [0.15, 0.2) is 11.6 Å². The molecule has 2 aliphatic carbocycles. The fourth-order valence-corrected chi connectivity index (χ4v) is 5.68. The number of allylic oxidation sites excluding steroid dienone is 2. The lowest BCUT2D eigenvalue weighted by Crippen LogP contribution is -2.52. The first-order valence-corrected chi connectivity index (χ1v) is 9.16. The van der Waals surface area contributed by atoms with Crippen LogP contribution in [-0.4, -0.2) is 22.9 Å². The van der Waals surface area contributed by atoms with E-state index in [4.69, 9.17) is 5.11 Å². The van der Waals surface area contributed by atoms with Gasteiger partial charge in [-0.2, -0.15) is 0 Å². The van der Waals surface area contributed by atoms with Crippen LogP contribution >= 0.6 is 0 Å². The van der Waals surface area contributed by atoms with Crippen LogP contribution < -0.4 is 0 Å². The lowest BCUT2D eigenvalue weighted by Gasteiger charge is -2.58. The highest BCUT2D eigenvalue weighted by molar-refractivity contribution is 5.19. The van der Waals surface area contributed by atoms with Gasteiger partial charge in [-0.05, 0) is 67.6 Å². The van der Waals surface area contributed by atoms with Crippen molar-refractivity contribution in [2.45, 2.75) is 79.2 Å². The fraction of sp³-hybridized carbons (Fsp3) is 0.900. The zero-order valence-electron chi connectivity index (χ0n) is 15.2. The normalized spacial score (nSPS) is 39.0. The predicted octanol–water partition coefficient (Wildman–Crippen LogP) is 4.55. The van der Waals surface area contributed by atoms with Gasteiger partial charge in [0, 0.05) is 6.61 Å². The maximum Gasteiger partial charge on any atom is 0.0551 e. The molecule has 0 spiro atoms. The van der Waals surface area contributed by atoms with Crippen LogP contribution in [0.1, 0.15) is 73.1 Å². The van der Waals surface area contributed by atoms with E-state index in [-0.39, 0.29) is 16.9 Å². The average molecular weight is 309 g/mol. The Morgan fingerprint density at radius 3 is 2.55 bits per heavy atom. The summed E-state index contributed by atoms with van der Waals surface area (Å²) in [4.78, 5) is 0. The molecule has 0 aromatic rings. The van der Waals surface area contributed by atoms with E-state index in [1.54, 1.807) is 0 Å². The number of fused-ring (bicyclic) bond motifs is 1. The van der Waals surface area contributed by atoms with Crippen molar-refractivity contribution in [3.8, 4) is 0 Å². The van der Waals surface area contributed by atoms with Gasteiger partial charge in [0.15, 0.2) is 0 Å². The molecule has 5 atom stereocenters. The number of rotatable bonds is 5. The van der Waals surface area contributed by atoms with Gasteiger partial charge in [0.05, 0.1) is 6.10 Å². The van der Waals surface area contributed by atoms with Crippen LogP contribution in [0.25, 0.3) is 0 Å². The van der Waals surface area contributed by atoms with Crippen molar-refractivity contribution >= 4 is 0 Å². The van der Waals surface area contributed by atoms with E-state index in [1.165, 1.54) is 24.8 Å². The van der Waals surface area contributed by atoms with E-state index >= 15 is 0 Å². The third-order valence-corrected chi connectivity index (χ3v) is 6.77. The second-order valence-corrected chi connectivity index (χ2v) is 9.04. The van der Waals surface area contributed by atoms with Gasteiger partial charge in [-0.15, -0.1) is 0 Å². The predicted molar refractivity (Wildman–Crippen MR) is 92.6 cm³/mol. The third kappa shape index (κ3) is 3.43. The summed E-state index contributed by atoms with van der Waals surface area (Å²) in [6.45, 7) is 12.0. The first kappa shape index (κ1) is 18.0. The molecular weight excluding hydrogens is 272 g/mol. The average Bonchev–Trinajstić information content (AvgIpc) is 2.35. The minimum absolute atomic E-state index is 0.153. The zero-order valence-corrected chi connectivity index (χ0v) is 15.2. The third-order valence-electron chi connectivity index (χ3n) is 6.77. The maximum absolute atomic E-state index is 10.5. The number of aliphatic hydroxyl groups excluding tert-OH is 2. The number of aliphatic hydroxyl groups is 2. The van der Waals surface area contributed by atoms with Gasteiger partial charge in [0.2, 0.25) is 0 Å². The van der Waals surface area contributed by atoms with Gasteiger partial charge in [0.25, 0.3) is 0 Å². The van der Waals surface area contributed by atoms with Crippen molar-refractivity contribution in [2.75, 3.05) is 6.61 Å². The molecule has 22 heavy (non-hydrogen) atoms. The van der Waals surface area contributed by atoms with Crippen LogP contribution in [0.4, 0.5) is 0 Å². The molecule has 0 aromatic carbocycles. The topological polar surface area (TPSA) is 40.5 Å². The van der Waals surface area contributed by atoms with Gasteiger partial charge in [-0.25, -0.2) is 0 Å². The van der Waals surface area contributed by atoms with E-state index in [2.05, 4.69) is 40.7 Å². The SMILES string of the molecule is CC1=CC[C@H]2C(C)(C)C[C@H](O)C[C@]2(C)[C@H]1CC[C@H](C)CCO. The summed E-state index contributed by atoms with van der Waals surface area (Å²) in [5.41, 5.74) is 1.97. The molecule has 0 radical (unpaired) electrons. The Kier molecular flexibility index (Phi) is 5.44. The Labute approximate surface area is 137 Å². The standard InChI is InChI=1S/C20H36O2/c1-14(10-11-21)6-8-17-15(2)7-9-18-19(3,4)12-16(22)13-20(17,18)5/h7,14,16-18,21-22H,6,8-13H2,1-5H3/t14-,16-,17-,18-,20+/m0/s1. The van der Waals surface area contributed by atoms with Gasteiger partial charge in [-0.3, -0.25) is 0 Å². The Hall–Kier alpha value is -0.340. The molecule has 2 rings (SSSR count). The lowest BCUT2D eigenvalue weighted by atomic mass is 9.47. The molecule has 2 heteroatoms. The largest absolute Gasteiger partial charge is 0.396 e. The molecular formula is C20H36O2. The van der Waals surface area contributed by atoms with Gasteiger partial charge < -0.3 is 10.2 Å². The van der Waals surface area contributed by atoms with Crippen molar-refractivity contribution < 1.29 is 10.2 Å². The smallest absolute Gasteiger partial charge is 0.0551 e. The molecule has 0 unspecified atom stereocenters. The summed E-state index contributed by atoms with van der Waals surface area (Å²) in [6.07, 6.45) is 8.65. The lowest BCUT2D eigenvalue weighted by molar-refractivity contribution is -0.0960. The van der Waals surface area contributed by atoms with E-state index in [1.807, 2.05) is 0 Å². The second-order valence-electron chi connectivity index (χ2n) is 9.04. The Morgan fingerprint density at radius 2 is 1.91 bits per heavy atom. The molecule has 1 fully saturated rings. The first-order chi connectivity index (χ1) is 10.2. The highest BCUT2D eigenvalue weighted by atomic mass is 16.3. The summed E-state index contributed by atoms with van der Waals surface area (Å²) < 4.78 is 0. The Bertz CT molecular complexity index is 412. The van der Waals surface area contributed by atoms with Crippen molar-refractivity contribution in [2.24, 2.45) is 28.6 Å². The molecule has 2 aliphatic rings. The highest BCUT2D eigenvalue weighted by Crippen LogP contribution is 2.60. The Morgan fingerprint density at radius 1 is 1.23 bits per heavy atom. The molecule has 0 aromatic heterocycles. The molecule has 0 amide bonds. The molecule has 0 bridgehead atoms. The van der Waals surface area contributed by atoms with Crippen LogP contribution in [-0.2, 0) is 0 Å². The number of hydrogen-bond donors (Lipinski definition) is 2. The van der Waals surface area contributed by atoms with Crippen LogP contribution in [0.2, 0.25) is 0 Å². The summed E-state index contributed by atoms with van der Waals surface area (Å²) in [7, 11) is 0. The van der Waals surface area contributed by atoms with Gasteiger partial charge in [0.1, 0.15) is 0 Å². The fourth-order valence-electron chi connectivity index (χ4n) is 5.68. The highest BCUT2D eigenvalue weighted by Gasteiger charge is 2.53. The zero-order chi connectivity index (χ0) is 16.5. The summed E-state index contributed by atoms with van der Waals surface area (Å²) >= 11 is 0. The van der Waals surface area contributed by atoms with Gasteiger partial charge >= 0.3 is 0 Å². The first-order valence-electron chi connectivity index (χ1n) is 9.16.